The fourth-order valence-electron chi connectivity index (χ4n) is 2.23. The highest BCUT2D eigenvalue weighted by Crippen LogP contribution is 2.33. The van der Waals surface area contributed by atoms with Crippen molar-refractivity contribution >= 4 is 22.4 Å². The highest BCUT2D eigenvalue weighted by Gasteiger charge is 2.19. The molecule has 2 heterocycles. The molecule has 0 amide bonds. The molecule has 2 aromatic heterocycles. The second kappa shape index (κ2) is 5.16. The van der Waals surface area contributed by atoms with Crippen LogP contribution in [-0.4, -0.2) is 21.9 Å². The number of fused-ring (bicyclic) bond motifs is 1. The summed E-state index contributed by atoms with van der Waals surface area (Å²) in [6, 6.07) is 12.3. The fourth-order valence-corrected chi connectivity index (χ4v) is 2.23. The lowest BCUT2D eigenvalue weighted by molar-refractivity contribution is -0.384. The largest absolute Gasteiger partial charge is 0.373 e. The van der Waals surface area contributed by atoms with E-state index in [-0.39, 0.29) is 5.69 Å². The lowest BCUT2D eigenvalue weighted by Crippen LogP contribution is -1.99. The van der Waals surface area contributed by atoms with Crippen LogP contribution in [0.5, 0.6) is 0 Å². The van der Waals surface area contributed by atoms with E-state index in [4.69, 9.17) is 0 Å². The van der Waals surface area contributed by atoms with Crippen LogP contribution in [0, 0.1) is 10.1 Å². The number of rotatable bonds is 3. The van der Waals surface area contributed by atoms with Gasteiger partial charge in [-0.2, -0.15) is 0 Å². The second-order valence-corrected chi connectivity index (χ2v) is 4.45. The van der Waals surface area contributed by atoms with Crippen LogP contribution in [0.1, 0.15) is 0 Å². The average molecular weight is 280 g/mol. The summed E-state index contributed by atoms with van der Waals surface area (Å²) in [5, 5.41) is 15.1. The van der Waals surface area contributed by atoms with Crippen LogP contribution in [0.3, 0.4) is 0 Å². The number of anilines is 1. The number of hydrogen-bond donors (Lipinski definition) is 1. The minimum absolute atomic E-state index is 0.0350. The van der Waals surface area contributed by atoms with Crippen LogP contribution in [-0.2, 0) is 0 Å². The molecule has 0 fully saturated rings. The monoisotopic (exact) mass is 280 g/mol. The second-order valence-electron chi connectivity index (χ2n) is 4.45. The molecule has 6 nitrogen and oxygen atoms in total. The third-order valence-electron chi connectivity index (χ3n) is 3.21. The van der Waals surface area contributed by atoms with E-state index in [1.165, 1.54) is 6.07 Å². The highest BCUT2D eigenvalue weighted by atomic mass is 16.6. The molecule has 6 heteroatoms. The minimum Gasteiger partial charge on any atom is -0.373 e. The molecule has 0 bridgehead atoms. The molecular weight excluding hydrogens is 268 g/mol. The molecule has 0 atom stereocenters. The molecule has 3 aromatic rings. The van der Waals surface area contributed by atoms with Crippen molar-refractivity contribution in [1.29, 1.82) is 0 Å². The lowest BCUT2D eigenvalue weighted by atomic mass is 10.1. The first-order valence-electron chi connectivity index (χ1n) is 6.38. The summed E-state index contributed by atoms with van der Waals surface area (Å²) in [7, 11) is 1.72. The van der Waals surface area contributed by atoms with Crippen molar-refractivity contribution in [3.63, 3.8) is 0 Å². The van der Waals surface area contributed by atoms with Crippen molar-refractivity contribution in [1.82, 2.24) is 9.97 Å². The summed E-state index contributed by atoms with van der Waals surface area (Å²) in [5.74, 6) is 0.573. The molecule has 0 spiro atoms. The number of nitrogens with zero attached hydrogens (tertiary/aromatic N) is 3. The van der Waals surface area contributed by atoms with Gasteiger partial charge in [-0.1, -0.05) is 24.3 Å². The van der Waals surface area contributed by atoms with E-state index in [1.807, 2.05) is 24.3 Å². The van der Waals surface area contributed by atoms with Crippen LogP contribution in [0.2, 0.25) is 0 Å². The van der Waals surface area contributed by atoms with Crippen LogP contribution in [0.25, 0.3) is 22.2 Å². The molecule has 0 radical (unpaired) electrons. The van der Waals surface area contributed by atoms with Gasteiger partial charge < -0.3 is 5.32 Å². The number of benzene rings is 1. The van der Waals surface area contributed by atoms with Crippen LogP contribution >= 0.6 is 0 Å². The Bertz CT molecular complexity index is 828. The Hall–Kier alpha value is -3.02. The SMILES string of the molecule is CNc1ccc([N+](=O)[O-])c(-c2cccc3cccnc23)n1. The summed E-state index contributed by atoms with van der Waals surface area (Å²) in [6.45, 7) is 0. The number of aromatic nitrogens is 2. The first-order chi connectivity index (χ1) is 10.2. The molecule has 1 aromatic carbocycles. The van der Waals surface area contributed by atoms with Crippen molar-refractivity contribution in [3.05, 3.63) is 58.8 Å². The predicted molar refractivity (Wildman–Crippen MR) is 81.2 cm³/mol. The molecule has 0 unspecified atom stereocenters. The van der Waals surface area contributed by atoms with E-state index >= 15 is 0 Å². The normalized spacial score (nSPS) is 10.5. The van der Waals surface area contributed by atoms with Gasteiger partial charge in [-0.25, -0.2) is 4.98 Å². The maximum absolute atomic E-state index is 11.3. The van der Waals surface area contributed by atoms with Gasteiger partial charge in [0.15, 0.2) is 5.69 Å². The molecule has 21 heavy (non-hydrogen) atoms. The molecule has 0 saturated heterocycles. The molecule has 0 aliphatic heterocycles. The van der Waals surface area contributed by atoms with E-state index in [1.54, 1.807) is 25.4 Å². The van der Waals surface area contributed by atoms with Gasteiger partial charge in [0, 0.05) is 30.3 Å². The van der Waals surface area contributed by atoms with Crippen LogP contribution < -0.4 is 5.32 Å². The molecule has 104 valence electrons. The van der Waals surface area contributed by atoms with Gasteiger partial charge in [0.2, 0.25) is 0 Å². The highest BCUT2D eigenvalue weighted by molar-refractivity contribution is 5.94. The summed E-state index contributed by atoms with van der Waals surface area (Å²) < 4.78 is 0. The summed E-state index contributed by atoms with van der Waals surface area (Å²) in [5.41, 5.74) is 1.63. The molecule has 0 aliphatic rings. The first-order valence-corrected chi connectivity index (χ1v) is 6.38. The van der Waals surface area contributed by atoms with Gasteiger partial charge in [-0.3, -0.25) is 15.1 Å². The zero-order valence-corrected chi connectivity index (χ0v) is 11.3. The lowest BCUT2D eigenvalue weighted by Gasteiger charge is -2.07. The summed E-state index contributed by atoms with van der Waals surface area (Å²) >= 11 is 0. The van der Waals surface area contributed by atoms with Gasteiger partial charge in [0.05, 0.1) is 10.4 Å². The Morgan fingerprint density at radius 1 is 1.14 bits per heavy atom. The molecular formula is C15H12N4O2. The van der Waals surface area contributed by atoms with E-state index < -0.39 is 4.92 Å². The number of pyridine rings is 2. The molecule has 0 aliphatic carbocycles. The average Bonchev–Trinajstić information content (AvgIpc) is 2.53. The third-order valence-corrected chi connectivity index (χ3v) is 3.21. The number of nitrogens with one attached hydrogen (secondary N) is 1. The van der Waals surface area contributed by atoms with Crippen molar-refractivity contribution in [2.45, 2.75) is 0 Å². The zero-order valence-electron chi connectivity index (χ0n) is 11.3. The van der Waals surface area contributed by atoms with Crippen LogP contribution in [0.4, 0.5) is 11.5 Å². The third kappa shape index (κ3) is 2.27. The van der Waals surface area contributed by atoms with Crippen molar-refractivity contribution < 1.29 is 4.92 Å². The van der Waals surface area contributed by atoms with Gasteiger partial charge in [0.25, 0.3) is 5.69 Å². The van der Waals surface area contributed by atoms with Gasteiger partial charge in [0.1, 0.15) is 5.82 Å². The standard InChI is InChI=1S/C15H12N4O2/c1-16-13-8-7-12(19(20)21)15(18-13)11-6-2-4-10-5-3-9-17-14(10)11/h2-9H,1H3,(H,16,18). The van der Waals surface area contributed by atoms with E-state index in [0.717, 1.165) is 5.39 Å². The van der Waals surface area contributed by atoms with E-state index in [0.29, 0.717) is 22.6 Å². The van der Waals surface area contributed by atoms with Crippen molar-refractivity contribution in [2.75, 3.05) is 12.4 Å². The molecule has 0 saturated carbocycles. The Morgan fingerprint density at radius 3 is 2.71 bits per heavy atom. The smallest absolute Gasteiger partial charge is 0.295 e. The topological polar surface area (TPSA) is 81.0 Å². The number of nitro groups is 1. The molecule has 1 N–H and O–H groups in total. The van der Waals surface area contributed by atoms with Crippen LogP contribution in [0.15, 0.2) is 48.7 Å². The number of hydrogen-bond acceptors (Lipinski definition) is 5. The summed E-state index contributed by atoms with van der Waals surface area (Å²) in [6.07, 6.45) is 1.67. The quantitative estimate of drug-likeness (QED) is 0.588. The van der Waals surface area contributed by atoms with Crippen molar-refractivity contribution in [2.24, 2.45) is 0 Å². The molecule has 3 rings (SSSR count). The Balaban J connectivity index is 2.34. The van der Waals surface area contributed by atoms with Gasteiger partial charge in [-0.05, 0) is 12.1 Å². The predicted octanol–water partition coefficient (Wildman–Crippen LogP) is 3.25. The Labute approximate surface area is 120 Å². The van der Waals surface area contributed by atoms with E-state index in [2.05, 4.69) is 15.3 Å². The Morgan fingerprint density at radius 2 is 1.95 bits per heavy atom. The first kappa shape index (κ1) is 13.0. The zero-order chi connectivity index (χ0) is 14.8. The fraction of sp³-hybridized carbons (Fsp3) is 0.0667. The Kier molecular flexibility index (Phi) is 3.19. The minimum atomic E-state index is -0.427. The summed E-state index contributed by atoms with van der Waals surface area (Å²) in [4.78, 5) is 19.5. The maximum atomic E-state index is 11.3. The van der Waals surface area contributed by atoms with Gasteiger partial charge >= 0.3 is 0 Å². The maximum Gasteiger partial charge on any atom is 0.295 e. The van der Waals surface area contributed by atoms with Crippen molar-refractivity contribution in [3.8, 4) is 11.3 Å². The number of para-hydroxylation sites is 1. The van der Waals surface area contributed by atoms with E-state index in [9.17, 15) is 10.1 Å². The van der Waals surface area contributed by atoms with Gasteiger partial charge in [-0.15, -0.1) is 0 Å².